The number of benzene rings is 2. The molecule has 1 aromatic heterocycles. The SMILES string of the molecule is CCN1CC[C@H](Nc2cccc3c2cc(C#CCNc2ccc(C(O)O)cc2OC)n3CC(F)(F)F)[C@H](F)C1. The van der Waals surface area contributed by atoms with E-state index in [4.69, 9.17) is 4.74 Å². The molecule has 3 aromatic rings. The first-order valence-corrected chi connectivity index (χ1v) is 12.7. The second-order valence-electron chi connectivity index (χ2n) is 9.41. The van der Waals surface area contributed by atoms with Crippen molar-refractivity contribution in [3.63, 3.8) is 0 Å². The number of fused-ring (bicyclic) bond motifs is 1. The molecule has 2 heterocycles. The average molecular weight is 549 g/mol. The van der Waals surface area contributed by atoms with Gasteiger partial charge in [-0.15, -0.1) is 0 Å². The van der Waals surface area contributed by atoms with Gasteiger partial charge in [-0.25, -0.2) is 4.39 Å². The summed E-state index contributed by atoms with van der Waals surface area (Å²) < 4.78 is 61.7. The van der Waals surface area contributed by atoms with Crippen LogP contribution >= 0.6 is 0 Å². The molecule has 1 aliphatic heterocycles. The van der Waals surface area contributed by atoms with E-state index in [1.54, 1.807) is 30.3 Å². The van der Waals surface area contributed by atoms with Crippen LogP contribution in [0.2, 0.25) is 0 Å². The van der Waals surface area contributed by atoms with Gasteiger partial charge in [0.1, 0.15) is 18.5 Å². The second kappa shape index (κ2) is 12.2. The largest absolute Gasteiger partial charge is 0.495 e. The van der Waals surface area contributed by atoms with Crippen molar-refractivity contribution in [2.45, 2.75) is 44.6 Å². The number of aliphatic hydroxyl groups is 2. The first-order chi connectivity index (χ1) is 18.6. The number of ether oxygens (including phenoxy) is 1. The number of nitrogens with zero attached hydrogens (tertiary/aromatic N) is 2. The number of rotatable bonds is 8. The number of alkyl halides is 4. The Hall–Kier alpha value is -3.46. The van der Waals surface area contributed by atoms with E-state index in [0.29, 0.717) is 41.0 Å². The van der Waals surface area contributed by atoms with Crippen molar-refractivity contribution < 1.29 is 32.5 Å². The highest BCUT2D eigenvalue weighted by Gasteiger charge is 2.31. The van der Waals surface area contributed by atoms with Crippen molar-refractivity contribution in [1.82, 2.24) is 9.47 Å². The van der Waals surface area contributed by atoms with E-state index in [1.165, 1.54) is 19.2 Å². The fourth-order valence-corrected chi connectivity index (χ4v) is 4.77. The fraction of sp³-hybridized carbons (Fsp3) is 0.429. The molecule has 1 fully saturated rings. The van der Waals surface area contributed by atoms with Crippen LogP contribution in [0.4, 0.5) is 28.9 Å². The number of hydrogen-bond acceptors (Lipinski definition) is 6. The predicted molar refractivity (Wildman–Crippen MR) is 143 cm³/mol. The van der Waals surface area contributed by atoms with E-state index in [0.717, 1.165) is 17.7 Å². The lowest BCUT2D eigenvalue weighted by atomic mass is 10.0. The van der Waals surface area contributed by atoms with Crippen LogP contribution in [0.5, 0.6) is 5.75 Å². The van der Waals surface area contributed by atoms with Gasteiger partial charge in [0.25, 0.3) is 0 Å². The summed E-state index contributed by atoms with van der Waals surface area (Å²) in [4.78, 5) is 2.03. The van der Waals surface area contributed by atoms with Gasteiger partial charge in [-0.1, -0.05) is 25.0 Å². The van der Waals surface area contributed by atoms with Gasteiger partial charge in [0.05, 0.1) is 36.6 Å². The number of aromatic nitrogens is 1. The lowest BCUT2D eigenvalue weighted by molar-refractivity contribution is -0.140. The Balaban J connectivity index is 1.59. The smallest absolute Gasteiger partial charge is 0.406 e. The maximum Gasteiger partial charge on any atom is 0.406 e. The van der Waals surface area contributed by atoms with E-state index in [9.17, 15) is 27.8 Å². The molecular formula is C28H32F4N4O3. The number of halogens is 4. The molecule has 4 rings (SSSR count). The van der Waals surface area contributed by atoms with Crippen LogP contribution in [-0.4, -0.2) is 71.4 Å². The molecule has 0 aliphatic carbocycles. The number of hydrogen-bond donors (Lipinski definition) is 4. The maximum absolute atomic E-state index is 14.8. The molecule has 39 heavy (non-hydrogen) atoms. The molecule has 0 radical (unpaired) electrons. The van der Waals surface area contributed by atoms with Crippen molar-refractivity contribution in [3.05, 3.63) is 53.7 Å². The molecule has 1 saturated heterocycles. The molecule has 7 nitrogen and oxygen atoms in total. The molecular weight excluding hydrogens is 516 g/mol. The molecule has 210 valence electrons. The summed E-state index contributed by atoms with van der Waals surface area (Å²) in [6.45, 7) is 2.70. The molecule has 0 spiro atoms. The standard InChI is InChI=1S/C28H32F4N4O3/c1-3-35-13-11-23(21(29)16-35)34-22-7-4-8-25-20(22)15-19(36(25)17-28(30,31)32)6-5-12-33-24-10-9-18(27(37)38)14-26(24)39-2/h4,7-10,14-15,21,23,27,33-34,37-38H,3,11-13,16-17H2,1-2H3/t21-,23+/m1/s1. The zero-order chi connectivity index (χ0) is 28.2. The lowest BCUT2D eigenvalue weighted by Gasteiger charge is -2.35. The molecule has 0 bridgehead atoms. The van der Waals surface area contributed by atoms with Gasteiger partial charge in [-0.05, 0) is 49.2 Å². The average Bonchev–Trinajstić information content (AvgIpc) is 3.24. The monoisotopic (exact) mass is 548 g/mol. The van der Waals surface area contributed by atoms with Crippen LogP contribution in [0.1, 0.15) is 30.9 Å². The first-order valence-electron chi connectivity index (χ1n) is 12.7. The van der Waals surface area contributed by atoms with Crippen LogP contribution < -0.4 is 15.4 Å². The Labute approximate surface area is 224 Å². The Bertz CT molecular complexity index is 1350. The summed E-state index contributed by atoms with van der Waals surface area (Å²) >= 11 is 0. The molecule has 2 atom stereocenters. The number of likely N-dealkylation sites (tertiary alicyclic amines) is 1. The van der Waals surface area contributed by atoms with Gasteiger partial charge >= 0.3 is 6.18 Å². The number of anilines is 2. The van der Waals surface area contributed by atoms with Crippen LogP contribution in [0, 0.1) is 11.8 Å². The highest BCUT2D eigenvalue weighted by molar-refractivity contribution is 5.94. The van der Waals surface area contributed by atoms with Crippen LogP contribution in [0.15, 0.2) is 42.5 Å². The van der Waals surface area contributed by atoms with Crippen molar-refractivity contribution in [1.29, 1.82) is 0 Å². The first kappa shape index (κ1) is 28.5. The number of piperidine rings is 1. The molecule has 0 amide bonds. The van der Waals surface area contributed by atoms with Gasteiger partial charge in [0.2, 0.25) is 0 Å². The molecule has 11 heteroatoms. The van der Waals surface area contributed by atoms with Crippen molar-refractivity contribution >= 4 is 22.3 Å². The predicted octanol–water partition coefficient (Wildman–Crippen LogP) is 4.50. The van der Waals surface area contributed by atoms with Gasteiger partial charge in [-0.3, -0.25) is 0 Å². The summed E-state index contributed by atoms with van der Waals surface area (Å²) in [5, 5.41) is 25.5. The topological polar surface area (TPSA) is 81.9 Å². The highest BCUT2D eigenvalue weighted by atomic mass is 19.4. The summed E-state index contributed by atoms with van der Waals surface area (Å²) in [6, 6.07) is 10.7. The van der Waals surface area contributed by atoms with E-state index < -0.39 is 31.2 Å². The minimum Gasteiger partial charge on any atom is -0.495 e. The molecule has 0 unspecified atom stereocenters. The van der Waals surface area contributed by atoms with E-state index in [-0.39, 0.29) is 17.8 Å². The molecule has 1 aliphatic rings. The lowest BCUT2D eigenvalue weighted by Crippen LogP contribution is -2.47. The van der Waals surface area contributed by atoms with Crippen molar-refractivity contribution in [2.24, 2.45) is 0 Å². The van der Waals surface area contributed by atoms with Gasteiger partial charge in [0, 0.05) is 29.7 Å². The van der Waals surface area contributed by atoms with Gasteiger partial charge in [0.15, 0.2) is 6.29 Å². The summed E-state index contributed by atoms with van der Waals surface area (Å²) in [5.74, 6) is 6.05. The molecule has 0 saturated carbocycles. The van der Waals surface area contributed by atoms with Gasteiger partial charge in [-0.2, -0.15) is 13.2 Å². The number of nitrogens with one attached hydrogen (secondary N) is 2. The summed E-state index contributed by atoms with van der Waals surface area (Å²) in [7, 11) is 1.43. The maximum atomic E-state index is 14.8. The third-order valence-electron chi connectivity index (χ3n) is 6.80. The van der Waals surface area contributed by atoms with E-state index in [1.807, 2.05) is 11.8 Å². The van der Waals surface area contributed by atoms with Gasteiger partial charge < -0.3 is 35.1 Å². The summed E-state index contributed by atoms with van der Waals surface area (Å²) in [5.41, 5.74) is 1.90. The minimum atomic E-state index is -4.46. The fourth-order valence-electron chi connectivity index (χ4n) is 4.77. The number of methoxy groups -OCH3 is 1. The Morgan fingerprint density at radius 3 is 2.62 bits per heavy atom. The third-order valence-corrected chi connectivity index (χ3v) is 6.80. The Morgan fingerprint density at radius 2 is 1.95 bits per heavy atom. The highest BCUT2D eigenvalue weighted by Crippen LogP contribution is 2.32. The second-order valence-corrected chi connectivity index (χ2v) is 9.41. The van der Waals surface area contributed by atoms with Crippen LogP contribution in [0.3, 0.4) is 0 Å². The quantitative estimate of drug-likeness (QED) is 0.189. The van der Waals surface area contributed by atoms with Crippen LogP contribution in [-0.2, 0) is 6.54 Å². The van der Waals surface area contributed by atoms with E-state index >= 15 is 0 Å². The zero-order valence-corrected chi connectivity index (χ0v) is 21.7. The molecule has 4 N–H and O–H groups in total. The van der Waals surface area contributed by atoms with Crippen molar-refractivity contribution in [2.75, 3.05) is 43.9 Å². The Morgan fingerprint density at radius 1 is 1.15 bits per heavy atom. The minimum absolute atomic E-state index is 0.0928. The van der Waals surface area contributed by atoms with Crippen molar-refractivity contribution in [3.8, 4) is 17.6 Å². The summed E-state index contributed by atoms with van der Waals surface area (Å²) in [6.07, 6.45) is -6.62. The Kier molecular flexibility index (Phi) is 8.90. The van der Waals surface area contributed by atoms with Crippen LogP contribution in [0.25, 0.3) is 10.9 Å². The zero-order valence-electron chi connectivity index (χ0n) is 21.7. The molecule has 2 aromatic carbocycles. The van der Waals surface area contributed by atoms with E-state index in [2.05, 4.69) is 22.5 Å². The number of aliphatic hydroxyl groups excluding tert-OH is 1. The third kappa shape index (κ3) is 6.95. The normalized spacial score (nSPS) is 18.2.